The maximum Gasteiger partial charge on any atom is 0.408 e. The summed E-state index contributed by atoms with van der Waals surface area (Å²) in [7, 11) is -2.03. The van der Waals surface area contributed by atoms with Gasteiger partial charge in [-0.25, -0.2) is 4.79 Å². The molecule has 3 heterocycles. The second-order valence-electron chi connectivity index (χ2n) is 13.4. The lowest BCUT2D eigenvalue weighted by Gasteiger charge is -2.55. The fraction of sp³-hybridized carbons (Fsp3) is 0.606. The van der Waals surface area contributed by atoms with Gasteiger partial charge in [0.15, 0.2) is 0 Å². The van der Waals surface area contributed by atoms with Crippen molar-refractivity contribution in [3.05, 3.63) is 71.3 Å². The average Bonchev–Trinajstić information content (AvgIpc) is 2.96. The van der Waals surface area contributed by atoms with E-state index in [2.05, 4.69) is 46.9 Å². The number of alkyl carbamates (subject to hydrolysis) is 1. The monoisotopic (exact) mass is 599 g/mol. The molecule has 3 aliphatic heterocycles. The van der Waals surface area contributed by atoms with Crippen LogP contribution in [0.2, 0.25) is 16.6 Å². The number of hydrogen-bond acceptors (Lipinski definition) is 7. The van der Waals surface area contributed by atoms with Gasteiger partial charge in [0.05, 0.1) is 26.4 Å². The summed E-state index contributed by atoms with van der Waals surface area (Å²) in [4.78, 5) is 13.1. The normalized spacial score (nSPS) is 24.6. The van der Waals surface area contributed by atoms with Crippen LogP contribution in [0.4, 0.5) is 4.79 Å². The number of ether oxygens (including phenoxy) is 4. The molecule has 0 saturated carbocycles. The maximum atomic E-state index is 13.1. The number of hydrogen-bond donors (Lipinski definition) is 2. The number of nitrogens with one attached hydrogen (secondary N) is 1. The van der Waals surface area contributed by atoms with Crippen LogP contribution in [0.5, 0.6) is 0 Å². The Morgan fingerprint density at radius 3 is 1.88 bits per heavy atom. The first kappa shape index (κ1) is 32.6. The average molecular weight is 600 g/mol. The van der Waals surface area contributed by atoms with Gasteiger partial charge in [-0.15, -0.1) is 0 Å². The van der Waals surface area contributed by atoms with Gasteiger partial charge in [0, 0.05) is 5.41 Å². The summed E-state index contributed by atoms with van der Waals surface area (Å²) in [5.74, 6) is -1.66. The van der Waals surface area contributed by atoms with Crippen LogP contribution in [0.15, 0.2) is 54.6 Å². The Morgan fingerprint density at radius 2 is 1.38 bits per heavy atom. The second kappa shape index (κ2) is 12.8. The zero-order chi connectivity index (χ0) is 30.8. The van der Waals surface area contributed by atoms with Crippen molar-refractivity contribution < 1.29 is 33.3 Å². The molecule has 2 atom stereocenters. The molecule has 9 heteroatoms. The van der Waals surface area contributed by atoms with E-state index in [0.717, 1.165) is 11.1 Å². The van der Waals surface area contributed by atoms with Gasteiger partial charge in [0.25, 0.3) is 0 Å². The molecule has 0 unspecified atom stereocenters. The number of amides is 1. The fourth-order valence-electron chi connectivity index (χ4n) is 6.59. The maximum absolute atomic E-state index is 13.1. The molecule has 8 nitrogen and oxygen atoms in total. The number of carbonyl (C=O) groups is 1. The van der Waals surface area contributed by atoms with Crippen molar-refractivity contribution in [2.45, 2.75) is 103 Å². The van der Waals surface area contributed by atoms with Gasteiger partial charge in [-0.05, 0) is 40.2 Å². The van der Waals surface area contributed by atoms with E-state index in [1.54, 1.807) is 6.92 Å². The van der Waals surface area contributed by atoms with E-state index in [1.165, 1.54) is 0 Å². The standard InChI is InChI=1S/C33H49NO7Si/c1-23(2)42(24(3)4,25(5)6)41-19-27-14-16-28(17-15-27)32(8,36)29(33-38-20-31(7,21-39-33)22-40-33)34-30(35)37-18-26-12-10-9-11-13-26/h9-17,23-25,29,36H,18-22H2,1-8H3,(H,34,35)/t29-,31?,32+,33?/m0/s1. The van der Waals surface area contributed by atoms with Crippen molar-refractivity contribution in [3.63, 3.8) is 0 Å². The molecule has 2 aromatic rings. The van der Waals surface area contributed by atoms with Crippen LogP contribution in [-0.2, 0) is 42.2 Å². The molecule has 2 bridgehead atoms. The number of benzene rings is 2. The molecule has 0 aromatic heterocycles. The Hall–Kier alpha value is -2.27. The lowest BCUT2D eigenvalue weighted by molar-refractivity contribution is -0.482. The topological polar surface area (TPSA) is 95.5 Å². The van der Waals surface area contributed by atoms with Crippen LogP contribution in [0.3, 0.4) is 0 Å². The molecular weight excluding hydrogens is 550 g/mol. The highest BCUT2D eigenvalue weighted by molar-refractivity contribution is 6.77. The molecule has 3 fully saturated rings. The van der Waals surface area contributed by atoms with Crippen LogP contribution in [0.1, 0.15) is 72.1 Å². The third-order valence-corrected chi connectivity index (χ3v) is 15.0. The molecule has 3 aliphatic rings. The molecule has 2 N–H and O–H groups in total. The second-order valence-corrected chi connectivity index (χ2v) is 18.8. The van der Waals surface area contributed by atoms with E-state index in [-0.39, 0.29) is 12.0 Å². The summed E-state index contributed by atoms with van der Waals surface area (Å²) in [5.41, 5.74) is 1.98. The highest BCUT2D eigenvalue weighted by atomic mass is 28.4. The lowest BCUT2D eigenvalue weighted by atomic mass is 9.83. The van der Waals surface area contributed by atoms with Crippen molar-refractivity contribution in [2.24, 2.45) is 5.41 Å². The highest BCUT2D eigenvalue weighted by Gasteiger charge is 2.61. The summed E-state index contributed by atoms with van der Waals surface area (Å²) < 4.78 is 30.5. The summed E-state index contributed by atoms with van der Waals surface area (Å²) >= 11 is 0. The van der Waals surface area contributed by atoms with Gasteiger partial charge in [-0.1, -0.05) is 103 Å². The number of rotatable bonds is 12. The third-order valence-electron chi connectivity index (χ3n) is 8.99. The van der Waals surface area contributed by atoms with Crippen molar-refractivity contribution in [2.75, 3.05) is 19.8 Å². The first-order valence-corrected chi connectivity index (χ1v) is 17.2. The molecule has 0 radical (unpaired) electrons. The van der Waals surface area contributed by atoms with E-state index >= 15 is 0 Å². The van der Waals surface area contributed by atoms with Crippen LogP contribution < -0.4 is 5.32 Å². The Balaban J connectivity index is 1.55. The summed E-state index contributed by atoms with van der Waals surface area (Å²) in [6.45, 7) is 19.0. The molecule has 0 spiro atoms. The van der Waals surface area contributed by atoms with Gasteiger partial charge in [0.1, 0.15) is 18.2 Å². The predicted octanol–water partition coefficient (Wildman–Crippen LogP) is 6.62. The van der Waals surface area contributed by atoms with E-state index in [0.29, 0.717) is 48.6 Å². The van der Waals surface area contributed by atoms with Crippen molar-refractivity contribution in [1.82, 2.24) is 5.32 Å². The molecule has 2 aromatic carbocycles. The largest absolute Gasteiger partial charge is 0.445 e. The quantitative estimate of drug-likeness (QED) is 0.265. The lowest BCUT2D eigenvalue weighted by Crippen LogP contribution is -2.72. The van der Waals surface area contributed by atoms with Crippen LogP contribution in [-0.4, -0.2) is 51.4 Å². The van der Waals surface area contributed by atoms with Gasteiger partial charge in [-0.3, -0.25) is 0 Å². The molecular formula is C33H49NO7Si. The molecule has 5 rings (SSSR count). The van der Waals surface area contributed by atoms with E-state index in [4.69, 9.17) is 23.4 Å². The number of carbonyl (C=O) groups excluding carboxylic acids is 1. The first-order chi connectivity index (χ1) is 19.7. The van der Waals surface area contributed by atoms with Crippen molar-refractivity contribution in [3.8, 4) is 0 Å². The highest BCUT2D eigenvalue weighted by Crippen LogP contribution is 2.45. The Bertz CT molecular complexity index is 1140. The fourth-order valence-corrected chi connectivity index (χ4v) is 12.0. The minimum Gasteiger partial charge on any atom is -0.445 e. The van der Waals surface area contributed by atoms with Crippen LogP contribution >= 0.6 is 0 Å². The summed E-state index contributed by atoms with van der Waals surface area (Å²) in [6, 6.07) is 15.9. The number of fused-ring (bicyclic) bond motifs is 3. The summed E-state index contributed by atoms with van der Waals surface area (Å²) in [5, 5.41) is 14.9. The Morgan fingerprint density at radius 1 is 0.881 bits per heavy atom. The summed E-state index contributed by atoms with van der Waals surface area (Å²) in [6.07, 6.45) is -0.712. The SMILES string of the molecule is CC(C)[Si](OCc1ccc([C@@](C)(O)[C@H](NC(=O)OCc2ccccc2)C23OCC(C)(CO2)CO3)cc1)(C(C)C)C(C)C. The molecule has 3 saturated heterocycles. The van der Waals surface area contributed by atoms with Gasteiger partial charge in [0.2, 0.25) is 8.32 Å². The molecule has 0 aliphatic carbocycles. The Kier molecular flexibility index (Phi) is 9.91. The van der Waals surface area contributed by atoms with Gasteiger partial charge < -0.3 is 33.8 Å². The van der Waals surface area contributed by atoms with Gasteiger partial charge in [-0.2, -0.15) is 0 Å². The zero-order valence-corrected chi connectivity index (χ0v) is 27.4. The number of aliphatic hydroxyl groups is 1. The zero-order valence-electron chi connectivity index (χ0n) is 26.4. The van der Waals surface area contributed by atoms with Crippen LogP contribution in [0, 0.1) is 5.41 Å². The molecule has 232 valence electrons. The third kappa shape index (κ3) is 6.61. The van der Waals surface area contributed by atoms with Crippen LogP contribution in [0.25, 0.3) is 0 Å². The smallest absolute Gasteiger partial charge is 0.408 e. The predicted molar refractivity (Wildman–Crippen MR) is 164 cm³/mol. The minimum atomic E-state index is -2.03. The van der Waals surface area contributed by atoms with E-state index in [9.17, 15) is 9.90 Å². The van der Waals surface area contributed by atoms with Crippen molar-refractivity contribution in [1.29, 1.82) is 0 Å². The molecule has 42 heavy (non-hydrogen) atoms. The first-order valence-electron chi connectivity index (χ1n) is 15.1. The minimum absolute atomic E-state index is 0.0812. The van der Waals surface area contributed by atoms with E-state index in [1.807, 2.05) is 61.5 Å². The van der Waals surface area contributed by atoms with Gasteiger partial charge >= 0.3 is 12.1 Å². The molecule has 1 amide bonds. The van der Waals surface area contributed by atoms with Crippen molar-refractivity contribution >= 4 is 14.4 Å². The van der Waals surface area contributed by atoms with E-state index < -0.39 is 32.0 Å². The Labute approximate surface area is 252 Å².